The van der Waals surface area contributed by atoms with E-state index in [9.17, 15) is 0 Å². The van der Waals surface area contributed by atoms with Gasteiger partial charge >= 0.3 is 0 Å². The van der Waals surface area contributed by atoms with Crippen molar-refractivity contribution >= 4 is 0 Å². The zero-order chi connectivity index (χ0) is 14.7. The molecule has 3 nitrogen and oxygen atoms in total. The van der Waals surface area contributed by atoms with Crippen LogP contribution in [0.1, 0.15) is 35.7 Å². The van der Waals surface area contributed by atoms with Crippen LogP contribution in [-0.4, -0.2) is 24.0 Å². The smallest absolute Gasteiger partial charge is 0.118 e. The maximum atomic E-state index is 5.21. The molecule has 1 atom stereocenters. The molecular formula is C18H22N2O. The molecule has 0 unspecified atom stereocenters. The second-order valence-electron chi connectivity index (χ2n) is 5.72. The third kappa shape index (κ3) is 3.08. The van der Waals surface area contributed by atoms with E-state index in [1.54, 1.807) is 7.11 Å². The van der Waals surface area contributed by atoms with Crippen molar-refractivity contribution in [1.82, 2.24) is 9.88 Å². The van der Waals surface area contributed by atoms with Gasteiger partial charge in [-0.3, -0.25) is 9.88 Å². The minimum absolute atomic E-state index is 0.428. The van der Waals surface area contributed by atoms with Gasteiger partial charge < -0.3 is 4.74 Å². The van der Waals surface area contributed by atoms with Crippen LogP contribution in [0.4, 0.5) is 0 Å². The molecule has 1 aromatic heterocycles. The minimum Gasteiger partial charge on any atom is -0.497 e. The number of aryl methyl sites for hydroxylation is 1. The summed E-state index contributed by atoms with van der Waals surface area (Å²) in [7, 11) is 3.89. The van der Waals surface area contributed by atoms with Crippen LogP contribution in [0.25, 0.3) is 0 Å². The van der Waals surface area contributed by atoms with Crippen LogP contribution in [0.5, 0.6) is 5.75 Å². The molecule has 1 aliphatic rings. The van der Waals surface area contributed by atoms with E-state index in [1.807, 2.05) is 24.4 Å². The van der Waals surface area contributed by atoms with E-state index < -0.39 is 0 Å². The van der Waals surface area contributed by atoms with Crippen molar-refractivity contribution in [3.63, 3.8) is 0 Å². The van der Waals surface area contributed by atoms with Gasteiger partial charge in [0, 0.05) is 12.7 Å². The minimum atomic E-state index is 0.428. The van der Waals surface area contributed by atoms with Gasteiger partial charge in [0.2, 0.25) is 0 Å². The molecule has 110 valence electrons. The Balaban J connectivity index is 1.75. The summed E-state index contributed by atoms with van der Waals surface area (Å²) >= 11 is 0. The van der Waals surface area contributed by atoms with Gasteiger partial charge in [-0.15, -0.1) is 0 Å². The van der Waals surface area contributed by atoms with Crippen LogP contribution in [0.3, 0.4) is 0 Å². The average Bonchev–Trinajstić information content (AvgIpc) is 2.55. The molecule has 1 heterocycles. The largest absolute Gasteiger partial charge is 0.497 e. The predicted molar refractivity (Wildman–Crippen MR) is 84.4 cm³/mol. The number of hydrogen-bond acceptors (Lipinski definition) is 3. The fraction of sp³-hybridized carbons (Fsp3) is 0.389. The van der Waals surface area contributed by atoms with Crippen molar-refractivity contribution in [3.8, 4) is 5.75 Å². The number of hydrogen-bond donors (Lipinski definition) is 0. The molecule has 0 bridgehead atoms. The summed E-state index contributed by atoms with van der Waals surface area (Å²) in [6, 6.07) is 13.0. The highest BCUT2D eigenvalue weighted by molar-refractivity contribution is 5.28. The van der Waals surface area contributed by atoms with Gasteiger partial charge in [-0.2, -0.15) is 0 Å². The molecule has 0 N–H and O–H groups in total. The zero-order valence-electron chi connectivity index (χ0n) is 12.7. The Kier molecular flexibility index (Phi) is 4.20. The summed E-state index contributed by atoms with van der Waals surface area (Å²) in [5, 5.41) is 0. The van der Waals surface area contributed by atoms with Crippen molar-refractivity contribution in [2.45, 2.75) is 31.8 Å². The Morgan fingerprint density at radius 3 is 2.81 bits per heavy atom. The van der Waals surface area contributed by atoms with E-state index in [4.69, 9.17) is 4.74 Å². The van der Waals surface area contributed by atoms with E-state index in [0.717, 1.165) is 18.7 Å². The first-order valence-electron chi connectivity index (χ1n) is 7.55. The van der Waals surface area contributed by atoms with Crippen LogP contribution in [0.15, 0.2) is 42.6 Å². The standard InChI is InChI=1S/C18H22N2O/c1-20(13-14-8-10-16(21-2)11-9-14)17-7-3-5-15-6-4-12-19-18(15)17/h4,6,8-12,17H,3,5,7,13H2,1-2H3/t17-/m0/s1. The molecule has 0 amide bonds. The molecule has 3 heteroatoms. The number of pyridine rings is 1. The van der Waals surface area contributed by atoms with Crippen LogP contribution >= 0.6 is 0 Å². The van der Waals surface area contributed by atoms with Crippen molar-refractivity contribution < 1.29 is 4.74 Å². The molecule has 21 heavy (non-hydrogen) atoms. The summed E-state index contributed by atoms with van der Waals surface area (Å²) in [6.45, 7) is 0.935. The Morgan fingerprint density at radius 2 is 2.05 bits per heavy atom. The Morgan fingerprint density at radius 1 is 1.24 bits per heavy atom. The van der Waals surface area contributed by atoms with Gasteiger partial charge in [-0.05, 0) is 55.6 Å². The van der Waals surface area contributed by atoms with Crippen molar-refractivity contribution in [3.05, 3.63) is 59.4 Å². The van der Waals surface area contributed by atoms with E-state index in [2.05, 4.69) is 35.1 Å². The van der Waals surface area contributed by atoms with Gasteiger partial charge in [0.15, 0.2) is 0 Å². The summed E-state index contributed by atoms with van der Waals surface area (Å²) < 4.78 is 5.21. The molecule has 1 aliphatic carbocycles. The first-order chi connectivity index (χ1) is 10.3. The predicted octanol–water partition coefficient (Wildman–Crippen LogP) is 3.60. The molecule has 3 rings (SSSR count). The topological polar surface area (TPSA) is 25.4 Å². The molecule has 0 aliphatic heterocycles. The second kappa shape index (κ2) is 6.27. The maximum absolute atomic E-state index is 5.21. The number of methoxy groups -OCH3 is 1. The van der Waals surface area contributed by atoms with Crippen LogP contribution in [-0.2, 0) is 13.0 Å². The second-order valence-corrected chi connectivity index (χ2v) is 5.72. The Bertz CT molecular complexity index is 594. The number of fused-ring (bicyclic) bond motifs is 1. The monoisotopic (exact) mass is 282 g/mol. The third-order valence-corrected chi connectivity index (χ3v) is 4.29. The number of ether oxygens (including phenoxy) is 1. The van der Waals surface area contributed by atoms with Crippen molar-refractivity contribution in [1.29, 1.82) is 0 Å². The lowest BCUT2D eigenvalue weighted by molar-refractivity contribution is 0.208. The fourth-order valence-corrected chi connectivity index (χ4v) is 3.14. The lowest BCUT2D eigenvalue weighted by atomic mass is 9.91. The summed E-state index contributed by atoms with van der Waals surface area (Å²) in [4.78, 5) is 7.04. The zero-order valence-corrected chi connectivity index (χ0v) is 12.7. The van der Waals surface area contributed by atoms with Gasteiger partial charge in [0.25, 0.3) is 0 Å². The molecule has 0 fully saturated rings. The number of rotatable bonds is 4. The van der Waals surface area contributed by atoms with Crippen LogP contribution in [0.2, 0.25) is 0 Å². The van der Waals surface area contributed by atoms with E-state index in [-0.39, 0.29) is 0 Å². The first kappa shape index (κ1) is 14.1. The average molecular weight is 282 g/mol. The molecule has 0 saturated carbocycles. The lowest BCUT2D eigenvalue weighted by Crippen LogP contribution is -2.28. The number of nitrogens with zero attached hydrogens (tertiary/aromatic N) is 2. The molecule has 1 aromatic carbocycles. The molecule has 0 saturated heterocycles. The summed E-state index contributed by atoms with van der Waals surface area (Å²) in [5.74, 6) is 0.908. The summed E-state index contributed by atoms with van der Waals surface area (Å²) in [5.41, 5.74) is 3.98. The fourth-order valence-electron chi connectivity index (χ4n) is 3.14. The Hall–Kier alpha value is -1.87. The number of aromatic nitrogens is 1. The van der Waals surface area contributed by atoms with Gasteiger partial charge in [0.1, 0.15) is 5.75 Å². The quantitative estimate of drug-likeness (QED) is 0.856. The van der Waals surface area contributed by atoms with Crippen molar-refractivity contribution in [2.75, 3.05) is 14.2 Å². The summed E-state index contributed by atoms with van der Waals surface area (Å²) in [6.07, 6.45) is 5.52. The SMILES string of the molecule is COc1ccc(CN(C)[C@H]2CCCc3cccnc32)cc1. The lowest BCUT2D eigenvalue weighted by Gasteiger charge is -2.32. The molecule has 2 aromatic rings. The van der Waals surface area contributed by atoms with Crippen LogP contribution < -0.4 is 4.74 Å². The molecule has 0 radical (unpaired) electrons. The molecule has 0 spiro atoms. The van der Waals surface area contributed by atoms with Gasteiger partial charge in [-0.25, -0.2) is 0 Å². The first-order valence-corrected chi connectivity index (χ1v) is 7.55. The highest BCUT2D eigenvalue weighted by Gasteiger charge is 2.24. The molecular weight excluding hydrogens is 260 g/mol. The van der Waals surface area contributed by atoms with E-state index in [1.165, 1.54) is 29.7 Å². The van der Waals surface area contributed by atoms with Crippen LogP contribution in [0, 0.1) is 0 Å². The highest BCUT2D eigenvalue weighted by atomic mass is 16.5. The van der Waals surface area contributed by atoms with Crippen molar-refractivity contribution in [2.24, 2.45) is 0 Å². The third-order valence-electron chi connectivity index (χ3n) is 4.29. The Labute approximate surface area is 126 Å². The van der Waals surface area contributed by atoms with E-state index in [0.29, 0.717) is 6.04 Å². The number of benzene rings is 1. The normalized spacial score (nSPS) is 17.6. The van der Waals surface area contributed by atoms with Gasteiger partial charge in [0.05, 0.1) is 18.8 Å². The highest BCUT2D eigenvalue weighted by Crippen LogP contribution is 2.32. The van der Waals surface area contributed by atoms with Gasteiger partial charge in [-0.1, -0.05) is 18.2 Å². The van der Waals surface area contributed by atoms with E-state index >= 15 is 0 Å². The maximum Gasteiger partial charge on any atom is 0.118 e.